The third-order valence-corrected chi connectivity index (χ3v) is 2.32. The summed E-state index contributed by atoms with van der Waals surface area (Å²) in [6.07, 6.45) is -2.49. The Kier molecular flexibility index (Phi) is 3.21. The van der Waals surface area contributed by atoms with E-state index in [2.05, 4.69) is 0 Å². The Morgan fingerprint density at radius 2 is 1.86 bits per heavy atom. The van der Waals surface area contributed by atoms with Gasteiger partial charge in [0, 0.05) is 11.0 Å². The molecule has 0 bridgehead atoms. The van der Waals surface area contributed by atoms with Gasteiger partial charge >= 0.3 is 0 Å². The van der Waals surface area contributed by atoms with Crippen LogP contribution in [0.25, 0.3) is 0 Å². The lowest BCUT2D eigenvalue weighted by Crippen LogP contribution is -2.23. The van der Waals surface area contributed by atoms with E-state index in [0.29, 0.717) is 5.56 Å². The van der Waals surface area contributed by atoms with E-state index >= 15 is 0 Å². The van der Waals surface area contributed by atoms with E-state index < -0.39 is 11.8 Å². The number of hydrogen-bond donors (Lipinski definition) is 1. The zero-order chi connectivity index (χ0) is 10.8. The first kappa shape index (κ1) is 11.1. The summed E-state index contributed by atoms with van der Waals surface area (Å²) in [4.78, 5) is 0. The van der Waals surface area contributed by atoms with E-state index in [1.54, 1.807) is 32.0 Å². The molecule has 0 aromatic heterocycles. The van der Waals surface area contributed by atoms with Crippen LogP contribution in [0.2, 0.25) is 0 Å². The van der Waals surface area contributed by atoms with Crippen molar-refractivity contribution in [1.82, 2.24) is 0 Å². The van der Waals surface area contributed by atoms with Crippen LogP contribution in [0.5, 0.6) is 0 Å². The van der Waals surface area contributed by atoms with Crippen molar-refractivity contribution in [2.45, 2.75) is 25.7 Å². The van der Waals surface area contributed by atoms with Crippen molar-refractivity contribution in [2.75, 3.05) is 6.61 Å². The van der Waals surface area contributed by atoms with E-state index in [0.717, 1.165) is 0 Å². The Hall–Kier alpha value is -0.960. The number of aliphatic hydroxyl groups excluding tert-OH is 1. The summed E-state index contributed by atoms with van der Waals surface area (Å²) in [7, 11) is 0. The molecule has 0 unspecified atom stereocenters. The molecule has 0 amide bonds. The number of rotatable bonds is 3. The SMILES string of the molecule is CC(C)(CO)c1ccccc1C(F)F. The third-order valence-electron chi connectivity index (χ3n) is 2.32. The van der Waals surface area contributed by atoms with E-state index in [1.807, 2.05) is 0 Å². The second kappa shape index (κ2) is 4.05. The van der Waals surface area contributed by atoms with Crippen LogP contribution in [0.4, 0.5) is 8.78 Å². The van der Waals surface area contributed by atoms with Gasteiger partial charge in [-0.15, -0.1) is 0 Å². The van der Waals surface area contributed by atoms with Gasteiger partial charge in [0.25, 0.3) is 6.43 Å². The molecule has 78 valence electrons. The smallest absolute Gasteiger partial charge is 0.264 e. The van der Waals surface area contributed by atoms with Crippen molar-refractivity contribution in [3.8, 4) is 0 Å². The number of benzene rings is 1. The van der Waals surface area contributed by atoms with Crippen molar-refractivity contribution in [3.05, 3.63) is 35.4 Å². The average molecular weight is 200 g/mol. The van der Waals surface area contributed by atoms with Crippen LogP contribution >= 0.6 is 0 Å². The number of halogens is 2. The van der Waals surface area contributed by atoms with E-state index in [1.165, 1.54) is 6.07 Å². The molecule has 1 aromatic rings. The van der Waals surface area contributed by atoms with Crippen LogP contribution in [0.15, 0.2) is 24.3 Å². The summed E-state index contributed by atoms with van der Waals surface area (Å²) in [6, 6.07) is 6.33. The molecule has 0 atom stereocenters. The molecule has 0 fully saturated rings. The maximum absolute atomic E-state index is 12.6. The van der Waals surface area contributed by atoms with Gasteiger partial charge in [-0.05, 0) is 5.56 Å². The molecule has 0 aliphatic carbocycles. The summed E-state index contributed by atoms with van der Waals surface area (Å²) in [5, 5.41) is 9.11. The van der Waals surface area contributed by atoms with Gasteiger partial charge < -0.3 is 5.11 Å². The zero-order valence-electron chi connectivity index (χ0n) is 8.30. The Balaban J connectivity index is 3.20. The average Bonchev–Trinajstić information content (AvgIpc) is 2.18. The fraction of sp³-hybridized carbons (Fsp3) is 0.455. The lowest BCUT2D eigenvalue weighted by atomic mass is 9.82. The highest BCUT2D eigenvalue weighted by Gasteiger charge is 2.25. The molecule has 1 rings (SSSR count). The van der Waals surface area contributed by atoms with E-state index in [-0.39, 0.29) is 12.2 Å². The molecule has 1 N–H and O–H groups in total. The van der Waals surface area contributed by atoms with Gasteiger partial charge in [0.2, 0.25) is 0 Å². The van der Waals surface area contributed by atoms with Crippen LogP contribution in [-0.4, -0.2) is 11.7 Å². The first-order chi connectivity index (χ1) is 6.49. The molecule has 3 heteroatoms. The van der Waals surface area contributed by atoms with Gasteiger partial charge in [0.1, 0.15) is 0 Å². The lowest BCUT2D eigenvalue weighted by Gasteiger charge is -2.25. The maximum Gasteiger partial charge on any atom is 0.264 e. The summed E-state index contributed by atoms with van der Waals surface area (Å²) in [5.74, 6) is 0. The molecule has 0 aliphatic heterocycles. The van der Waals surface area contributed by atoms with Crippen LogP contribution in [0.1, 0.15) is 31.4 Å². The van der Waals surface area contributed by atoms with Gasteiger partial charge in [-0.25, -0.2) is 8.78 Å². The molecule has 0 spiro atoms. The van der Waals surface area contributed by atoms with Crippen LogP contribution in [0, 0.1) is 0 Å². The van der Waals surface area contributed by atoms with Crippen molar-refractivity contribution >= 4 is 0 Å². The molecule has 0 heterocycles. The molecule has 0 saturated carbocycles. The van der Waals surface area contributed by atoms with Crippen molar-refractivity contribution < 1.29 is 13.9 Å². The molecule has 0 radical (unpaired) electrons. The van der Waals surface area contributed by atoms with Gasteiger partial charge in [0.05, 0.1) is 6.61 Å². The van der Waals surface area contributed by atoms with E-state index in [4.69, 9.17) is 5.11 Å². The van der Waals surface area contributed by atoms with Crippen LogP contribution in [-0.2, 0) is 5.41 Å². The fourth-order valence-corrected chi connectivity index (χ4v) is 1.39. The summed E-state index contributed by atoms with van der Waals surface area (Å²) < 4.78 is 25.2. The van der Waals surface area contributed by atoms with Crippen molar-refractivity contribution in [2.24, 2.45) is 0 Å². The predicted octanol–water partition coefficient (Wildman–Crippen LogP) is 2.89. The maximum atomic E-state index is 12.6. The second-order valence-corrected chi connectivity index (χ2v) is 3.93. The van der Waals surface area contributed by atoms with Gasteiger partial charge in [-0.2, -0.15) is 0 Å². The summed E-state index contributed by atoms with van der Waals surface area (Å²) in [5.41, 5.74) is -0.100. The number of hydrogen-bond acceptors (Lipinski definition) is 1. The van der Waals surface area contributed by atoms with Crippen molar-refractivity contribution in [3.63, 3.8) is 0 Å². The van der Waals surface area contributed by atoms with Gasteiger partial charge in [-0.3, -0.25) is 0 Å². The normalized spacial score (nSPS) is 12.1. The summed E-state index contributed by atoms with van der Waals surface area (Å²) in [6.45, 7) is 3.35. The number of alkyl halides is 2. The Morgan fingerprint density at radius 1 is 1.29 bits per heavy atom. The van der Waals surface area contributed by atoms with Gasteiger partial charge in [-0.1, -0.05) is 38.1 Å². The summed E-state index contributed by atoms with van der Waals surface area (Å²) >= 11 is 0. The minimum atomic E-state index is -2.49. The quantitative estimate of drug-likeness (QED) is 0.795. The Labute approximate surface area is 82.4 Å². The van der Waals surface area contributed by atoms with Crippen LogP contribution < -0.4 is 0 Å². The zero-order valence-corrected chi connectivity index (χ0v) is 8.30. The molecule has 0 aliphatic rings. The minimum absolute atomic E-state index is 0.00606. The molecule has 14 heavy (non-hydrogen) atoms. The van der Waals surface area contributed by atoms with E-state index in [9.17, 15) is 8.78 Å². The highest BCUT2D eigenvalue weighted by molar-refractivity contribution is 5.34. The largest absolute Gasteiger partial charge is 0.395 e. The highest BCUT2D eigenvalue weighted by atomic mass is 19.3. The second-order valence-electron chi connectivity index (χ2n) is 3.93. The molecular formula is C11H14F2O. The minimum Gasteiger partial charge on any atom is -0.395 e. The molecule has 1 aromatic carbocycles. The van der Waals surface area contributed by atoms with Crippen molar-refractivity contribution in [1.29, 1.82) is 0 Å². The Morgan fingerprint density at radius 3 is 2.36 bits per heavy atom. The van der Waals surface area contributed by atoms with Gasteiger partial charge in [0.15, 0.2) is 0 Å². The lowest BCUT2D eigenvalue weighted by molar-refractivity contribution is 0.145. The molecule has 1 nitrogen and oxygen atoms in total. The topological polar surface area (TPSA) is 20.2 Å². The third kappa shape index (κ3) is 2.10. The van der Waals surface area contributed by atoms with Crippen LogP contribution in [0.3, 0.4) is 0 Å². The fourth-order valence-electron chi connectivity index (χ4n) is 1.39. The first-order valence-electron chi connectivity index (χ1n) is 4.47. The standard InChI is InChI=1S/C11H14F2O/c1-11(2,7-14)9-6-4-3-5-8(9)10(12)13/h3-6,10,14H,7H2,1-2H3. The monoisotopic (exact) mass is 200 g/mol. The molecular weight excluding hydrogens is 186 g/mol. The predicted molar refractivity (Wildman–Crippen MR) is 51.5 cm³/mol. The highest BCUT2D eigenvalue weighted by Crippen LogP contribution is 2.31. The first-order valence-corrected chi connectivity index (χ1v) is 4.47. The molecule has 0 saturated heterocycles. The Bertz CT molecular complexity index is 308. The number of aliphatic hydroxyl groups is 1.